The highest BCUT2D eigenvalue weighted by Crippen LogP contribution is 2.23. The quantitative estimate of drug-likeness (QED) is 0.742. The number of rotatable bonds is 5. The molecule has 0 bridgehead atoms. The molecule has 0 saturated carbocycles. The molecule has 0 radical (unpaired) electrons. The van der Waals surface area contributed by atoms with Gasteiger partial charge in [-0.2, -0.15) is 5.10 Å². The van der Waals surface area contributed by atoms with Crippen LogP contribution in [0.1, 0.15) is 12.0 Å². The van der Waals surface area contributed by atoms with Crippen molar-refractivity contribution in [1.29, 1.82) is 0 Å². The molecular weight excluding hydrogens is 328 g/mol. The van der Waals surface area contributed by atoms with E-state index in [1.54, 1.807) is 13.3 Å². The number of likely N-dealkylation sites (tertiary alicyclic amines) is 1. The number of anilines is 1. The highest BCUT2D eigenvalue weighted by molar-refractivity contribution is 5.95. The molecule has 134 valence electrons. The van der Waals surface area contributed by atoms with E-state index in [0.29, 0.717) is 0 Å². The van der Waals surface area contributed by atoms with Crippen molar-refractivity contribution in [2.24, 2.45) is 5.92 Å². The van der Waals surface area contributed by atoms with Crippen molar-refractivity contribution in [2.75, 3.05) is 25.5 Å². The minimum atomic E-state index is 0.0216. The second kappa shape index (κ2) is 7.17. The van der Waals surface area contributed by atoms with Crippen LogP contribution in [0.25, 0.3) is 10.9 Å². The van der Waals surface area contributed by atoms with E-state index in [9.17, 15) is 4.79 Å². The van der Waals surface area contributed by atoms with E-state index in [-0.39, 0.29) is 11.8 Å². The normalized spacial score (nSPS) is 17.5. The molecule has 26 heavy (non-hydrogen) atoms. The van der Waals surface area contributed by atoms with Crippen molar-refractivity contribution in [3.05, 3.63) is 54.2 Å². The molecule has 2 N–H and O–H groups in total. The van der Waals surface area contributed by atoms with Gasteiger partial charge in [0, 0.05) is 24.2 Å². The number of carbonyl (C=O) groups is 1. The van der Waals surface area contributed by atoms with E-state index < -0.39 is 0 Å². The van der Waals surface area contributed by atoms with E-state index in [2.05, 4.69) is 32.5 Å². The van der Waals surface area contributed by atoms with Gasteiger partial charge in [0.2, 0.25) is 5.91 Å². The van der Waals surface area contributed by atoms with Crippen LogP contribution >= 0.6 is 0 Å². The molecule has 1 atom stereocenters. The number of carbonyl (C=O) groups excluding carboxylic acids is 1. The third-order valence-corrected chi connectivity index (χ3v) is 4.92. The molecular formula is C20H22N4O2. The monoisotopic (exact) mass is 350 g/mol. The van der Waals surface area contributed by atoms with E-state index in [0.717, 1.165) is 48.4 Å². The average Bonchev–Trinajstić information content (AvgIpc) is 3.31. The molecule has 1 saturated heterocycles. The van der Waals surface area contributed by atoms with Gasteiger partial charge in [0.25, 0.3) is 0 Å². The van der Waals surface area contributed by atoms with Crippen LogP contribution in [-0.4, -0.2) is 41.2 Å². The minimum absolute atomic E-state index is 0.0216. The van der Waals surface area contributed by atoms with Crippen LogP contribution in [-0.2, 0) is 11.3 Å². The first-order valence-corrected chi connectivity index (χ1v) is 8.80. The molecule has 1 aliphatic rings. The Morgan fingerprint density at radius 3 is 2.96 bits per heavy atom. The first-order chi connectivity index (χ1) is 12.7. The largest absolute Gasteiger partial charge is 0.497 e. The van der Waals surface area contributed by atoms with Crippen molar-refractivity contribution < 1.29 is 9.53 Å². The number of H-pyrrole nitrogens is 1. The lowest BCUT2D eigenvalue weighted by Crippen LogP contribution is -2.26. The molecule has 4 rings (SSSR count). The van der Waals surface area contributed by atoms with Crippen LogP contribution in [0.15, 0.2) is 48.7 Å². The number of nitrogens with zero attached hydrogens (tertiary/aromatic N) is 2. The third-order valence-electron chi connectivity index (χ3n) is 4.92. The van der Waals surface area contributed by atoms with Crippen molar-refractivity contribution in [2.45, 2.75) is 13.0 Å². The predicted molar refractivity (Wildman–Crippen MR) is 101 cm³/mol. The maximum atomic E-state index is 12.6. The minimum Gasteiger partial charge on any atom is -0.497 e. The second-order valence-corrected chi connectivity index (χ2v) is 6.73. The van der Waals surface area contributed by atoms with Gasteiger partial charge < -0.3 is 10.1 Å². The number of nitrogens with one attached hydrogen (secondary N) is 2. The van der Waals surface area contributed by atoms with Crippen molar-refractivity contribution in [3.63, 3.8) is 0 Å². The average molecular weight is 350 g/mol. The summed E-state index contributed by atoms with van der Waals surface area (Å²) in [6, 6.07) is 13.9. The molecule has 0 spiro atoms. The van der Waals surface area contributed by atoms with E-state index in [1.807, 2.05) is 30.3 Å². The Kier molecular flexibility index (Phi) is 4.58. The van der Waals surface area contributed by atoms with Crippen LogP contribution in [0, 0.1) is 5.92 Å². The summed E-state index contributed by atoms with van der Waals surface area (Å²) in [5, 5.41) is 11.0. The fourth-order valence-corrected chi connectivity index (χ4v) is 3.44. The molecule has 1 unspecified atom stereocenters. The Morgan fingerprint density at radius 2 is 2.15 bits per heavy atom. The zero-order valence-electron chi connectivity index (χ0n) is 14.7. The van der Waals surface area contributed by atoms with Crippen LogP contribution in [0.4, 0.5) is 5.69 Å². The SMILES string of the molecule is COc1ccc(CN2CCC(C(=O)Nc3ccc4[nH]ncc4c3)C2)cc1. The Bertz CT molecular complexity index is 904. The summed E-state index contributed by atoms with van der Waals surface area (Å²) in [6.07, 6.45) is 2.65. The Morgan fingerprint density at radius 1 is 1.31 bits per heavy atom. The molecule has 6 heteroatoms. The van der Waals surface area contributed by atoms with Crippen molar-refractivity contribution in [3.8, 4) is 5.75 Å². The van der Waals surface area contributed by atoms with E-state index >= 15 is 0 Å². The molecule has 0 aliphatic carbocycles. The molecule has 1 aliphatic heterocycles. The molecule has 1 fully saturated rings. The van der Waals surface area contributed by atoms with Gasteiger partial charge >= 0.3 is 0 Å². The van der Waals surface area contributed by atoms with E-state index in [1.165, 1.54) is 5.56 Å². The number of methoxy groups -OCH3 is 1. The summed E-state index contributed by atoms with van der Waals surface area (Å²) in [7, 11) is 1.67. The van der Waals surface area contributed by atoms with Gasteiger partial charge in [0.05, 0.1) is 24.7 Å². The molecule has 3 aromatic rings. The number of fused-ring (bicyclic) bond motifs is 1. The lowest BCUT2D eigenvalue weighted by atomic mass is 10.1. The Balaban J connectivity index is 1.34. The highest BCUT2D eigenvalue weighted by atomic mass is 16.5. The molecule has 1 aromatic heterocycles. The second-order valence-electron chi connectivity index (χ2n) is 6.73. The summed E-state index contributed by atoms with van der Waals surface area (Å²) in [5.41, 5.74) is 3.02. The Hall–Kier alpha value is -2.86. The van der Waals surface area contributed by atoms with Gasteiger partial charge in [-0.05, 0) is 48.9 Å². The van der Waals surface area contributed by atoms with Gasteiger partial charge in [-0.1, -0.05) is 12.1 Å². The number of amides is 1. The fraction of sp³-hybridized carbons (Fsp3) is 0.300. The summed E-state index contributed by atoms with van der Waals surface area (Å²) in [4.78, 5) is 14.9. The Labute approximate surface area is 152 Å². The number of hydrogen-bond donors (Lipinski definition) is 2. The first kappa shape index (κ1) is 16.6. The number of benzene rings is 2. The fourth-order valence-electron chi connectivity index (χ4n) is 3.44. The molecule has 1 amide bonds. The predicted octanol–water partition coefficient (Wildman–Crippen LogP) is 3.03. The zero-order chi connectivity index (χ0) is 17.9. The summed E-state index contributed by atoms with van der Waals surface area (Å²) >= 11 is 0. The number of aromatic amines is 1. The zero-order valence-corrected chi connectivity index (χ0v) is 14.7. The topological polar surface area (TPSA) is 70.2 Å². The number of aromatic nitrogens is 2. The van der Waals surface area contributed by atoms with Crippen LogP contribution in [0.5, 0.6) is 5.75 Å². The lowest BCUT2D eigenvalue weighted by Gasteiger charge is -2.16. The maximum Gasteiger partial charge on any atom is 0.228 e. The van der Waals surface area contributed by atoms with Gasteiger partial charge in [0.15, 0.2) is 0 Å². The maximum absolute atomic E-state index is 12.6. The third kappa shape index (κ3) is 3.55. The van der Waals surface area contributed by atoms with Gasteiger partial charge in [0.1, 0.15) is 5.75 Å². The standard InChI is InChI=1S/C20H22N4O2/c1-26-18-5-2-14(3-6-18)12-24-9-8-15(13-24)20(25)22-17-4-7-19-16(10-17)11-21-23-19/h2-7,10-11,15H,8-9,12-13H2,1H3,(H,21,23)(H,22,25). The summed E-state index contributed by atoms with van der Waals surface area (Å²) in [5.74, 6) is 0.973. The van der Waals surface area contributed by atoms with Crippen LogP contribution < -0.4 is 10.1 Å². The summed E-state index contributed by atoms with van der Waals surface area (Å²) in [6.45, 7) is 2.57. The van der Waals surface area contributed by atoms with Crippen LogP contribution in [0.2, 0.25) is 0 Å². The lowest BCUT2D eigenvalue weighted by molar-refractivity contribution is -0.119. The molecule has 6 nitrogen and oxygen atoms in total. The van der Waals surface area contributed by atoms with Gasteiger partial charge in [-0.3, -0.25) is 14.8 Å². The first-order valence-electron chi connectivity index (χ1n) is 8.80. The highest BCUT2D eigenvalue weighted by Gasteiger charge is 2.28. The molecule has 2 heterocycles. The number of ether oxygens (including phenoxy) is 1. The van der Waals surface area contributed by atoms with Crippen molar-refractivity contribution in [1.82, 2.24) is 15.1 Å². The van der Waals surface area contributed by atoms with Crippen LogP contribution in [0.3, 0.4) is 0 Å². The van der Waals surface area contributed by atoms with E-state index in [4.69, 9.17) is 4.74 Å². The van der Waals surface area contributed by atoms with Crippen molar-refractivity contribution >= 4 is 22.5 Å². The van der Waals surface area contributed by atoms with Gasteiger partial charge in [-0.25, -0.2) is 0 Å². The van der Waals surface area contributed by atoms with Gasteiger partial charge in [-0.15, -0.1) is 0 Å². The molecule has 2 aromatic carbocycles. The summed E-state index contributed by atoms with van der Waals surface area (Å²) < 4.78 is 5.19. The number of hydrogen-bond acceptors (Lipinski definition) is 4. The smallest absolute Gasteiger partial charge is 0.228 e.